The molecule has 0 amide bonds. The quantitative estimate of drug-likeness (QED) is 0.445. The van der Waals surface area contributed by atoms with E-state index in [4.69, 9.17) is 4.74 Å². The lowest BCUT2D eigenvalue weighted by molar-refractivity contribution is -0.00211. The van der Waals surface area contributed by atoms with Gasteiger partial charge >= 0.3 is 0 Å². The first-order valence-corrected chi connectivity index (χ1v) is 6.78. The number of rotatable bonds is 0. The van der Waals surface area contributed by atoms with Crippen LogP contribution in [-0.4, -0.2) is 11.7 Å². The maximum atomic E-state index is 5.86. The lowest BCUT2D eigenvalue weighted by atomic mass is 9.52. The molecule has 0 N–H and O–H groups in total. The first-order chi connectivity index (χ1) is 7.42. The maximum Gasteiger partial charge on any atom is 0.0920 e. The largest absolute Gasteiger partial charge is 0.366 e. The van der Waals surface area contributed by atoms with Crippen LogP contribution in [0.4, 0.5) is 0 Å². The number of fused-ring (bicyclic) bond motifs is 2. The van der Waals surface area contributed by atoms with Crippen LogP contribution in [0.15, 0.2) is 12.2 Å². The van der Waals surface area contributed by atoms with Crippen LogP contribution in [0.1, 0.15) is 52.9 Å². The third kappa shape index (κ3) is 1.48. The van der Waals surface area contributed by atoms with E-state index < -0.39 is 0 Å². The van der Waals surface area contributed by atoms with Crippen molar-refractivity contribution in [2.24, 2.45) is 17.3 Å². The van der Waals surface area contributed by atoms with Crippen molar-refractivity contribution in [2.45, 2.75) is 64.6 Å². The standard InChI is InChI=1S/C15H24O/c1-10-5-6-13-15(4,16-13)8-7-12-11(10)9-14(12,2)3/h11-13H,1,5-9H2,2-4H3/t11?,12?,13?,15-/m0/s1. The second-order valence-corrected chi connectivity index (χ2v) is 7.06. The van der Waals surface area contributed by atoms with Crippen LogP contribution in [0, 0.1) is 17.3 Å². The van der Waals surface area contributed by atoms with Crippen LogP contribution < -0.4 is 0 Å². The van der Waals surface area contributed by atoms with E-state index >= 15 is 0 Å². The van der Waals surface area contributed by atoms with E-state index in [1.807, 2.05) is 0 Å². The highest BCUT2D eigenvalue weighted by Gasteiger charge is 2.55. The topological polar surface area (TPSA) is 12.5 Å². The zero-order valence-corrected chi connectivity index (χ0v) is 10.9. The maximum absolute atomic E-state index is 5.86. The molecule has 2 aliphatic carbocycles. The lowest BCUT2D eigenvalue weighted by Gasteiger charge is -2.53. The molecule has 1 saturated heterocycles. The molecule has 0 bridgehead atoms. The minimum Gasteiger partial charge on any atom is -0.366 e. The first kappa shape index (κ1) is 10.8. The summed E-state index contributed by atoms with van der Waals surface area (Å²) < 4.78 is 5.86. The zero-order valence-electron chi connectivity index (χ0n) is 10.9. The van der Waals surface area contributed by atoms with Crippen LogP contribution in [-0.2, 0) is 4.74 Å². The van der Waals surface area contributed by atoms with Gasteiger partial charge in [-0.05, 0) is 56.3 Å². The minimum absolute atomic E-state index is 0.223. The van der Waals surface area contributed by atoms with Crippen molar-refractivity contribution in [3.8, 4) is 0 Å². The molecule has 3 fully saturated rings. The van der Waals surface area contributed by atoms with E-state index in [0.29, 0.717) is 11.5 Å². The Balaban J connectivity index is 1.78. The molecule has 1 heterocycles. The molecule has 16 heavy (non-hydrogen) atoms. The predicted octanol–water partition coefficient (Wildman–Crippen LogP) is 3.94. The van der Waals surface area contributed by atoms with Gasteiger partial charge in [-0.3, -0.25) is 0 Å². The summed E-state index contributed by atoms with van der Waals surface area (Å²) >= 11 is 0. The first-order valence-electron chi connectivity index (χ1n) is 6.78. The number of epoxide rings is 1. The summed E-state index contributed by atoms with van der Waals surface area (Å²) in [5.74, 6) is 1.68. The molecule has 0 spiro atoms. The zero-order chi connectivity index (χ0) is 11.6. The summed E-state index contributed by atoms with van der Waals surface area (Å²) in [5, 5.41) is 0. The minimum atomic E-state index is 0.223. The van der Waals surface area contributed by atoms with Crippen LogP contribution >= 0.6 is 0 Å². The Morgan fingerprint density at radius 1 is 1.25 bits per heavy atom. The van der Waals surface area contributed by atoms with Gasteiger partial charge < -0.3 is 4.74 Å². The van der Waals surface area contributed by atoms with Crippen molar-refractivity contribution < 1.29 is 4.74 Å². The molecule has 3 aliphatic rings. The smallest absolute Gasteiger partial charge is 0.0920 e. The molecule has 90 valence electrons. The number of hydrogen-bond donors (Lipinski definition) is 0. The Hall–Kier alpha value is -0.300. The summed E-state index contributed by atoms with van der Waals surface area (Å²) in [6.45, 7) is 11.5. The molecule has 3 unspecified atom stereocenters. The van der Waals surface area contributed by atoms with E-state index in [0.717, 1.165) is 11.8 Å². The van der Waals surface area contributed by atoms with Crippen LogP contribution in [0.25, 0.3) is 0 Å². The Kier molecular flexibility index (Phi) is 2.12. The number of hydrogen-bond acceptors (Lipinski definition) is 1. The monoisotopic (exact) mass is 220 g/mol. The molecule has 0 aromatic rings. The van der Waals surface area contributed by atoms with Crippen molar-refractivity contribution in [3.05, 3.63) is 12.2 Å². The van der Waals surface area contributed by atoms with Crippen molar-refractivity contribution in [1.29, 1.82) is 0 Å². The summed E-state index contributed by atoms with van der Waals surface area (Å²) in [5.41, 5.74) is 2.27. The van der Waals surface area contributed by atoms with Gasteiger partial charge in [0, 0.05) is 0 Å². The van der Waals surface area contributed by atoms with Crippen molar-refractivity contribution in [3.63, 3.8) is 0 Å². The van der Waals surface area contributed by atoms with Crippen molar-refractivity contribution in [1.82, 2.24) is 0 Å². The molecule has 1 nitrogen and oxygen atoms in total. The number of ether oxygens (including phenoxy) is 1. The van der Waals surface area contributed by atoms with Crippen molar-refractivity contribution in [2.75, 3.05) is 0 Å². The van der Waals surface area contributed by atoms with Gasteiger partial charge in [-0.15, -0.1) is 0 Å². The highest BCUT2D eigenvalue weighted by Crippen LogP contribution is 2.59. The second-order valence-electron chi connectivity index (χ2n) is 7.06. The average molecular weight is 220 g/mol. The molecular weight excluding hydrogens is 196 g/mol. The molecule has 0 aromatic heterocycles. The summed E-state index contributed by atoms with van der Waals surface area (Å²) in [6, 6.07) is 0. The second kappa shape index (κ2) is 3.13. The van der Waals surface area contributed by atoms with Gasteiger partial charge in [0.15, 0.2) is 0 Å². The summed E-state index contributed by atoms with van der Waals surface area (Å²) in [6.07, 6.45) is 6.89. The SMILES string of the molecule is C=C1CCC2O[C@@]2(C)CCC2C1CC2(C)C. The van der Waals surface area contributed by atoms with E-state index in [9.17, 15) is 0 Å². The predicted molar refractivity (Wildman–Crippen MR) is 66.3 cm³/mol. The molecule has 0 aromatic carbocycles. The van der Waals surface area contributed by atoms with Gasteiger partial charge in [0.05, 0.1) is 11.7 Å². The van der Waals surface area contributed by atoms with E-state index in [-0.39, 0.29) is 5.60 Å². The summed E-state index contributed by atoms with van der Waals surface area (Å²) in [7, 11) is 0. The molecule has 0 radical (unpaired) electrons. The van der Waals surface area contributed by atoms with Gasteiger partial charge in [0.1, 0.15) is 0 Å². The van der Waals surface area contributed by atoms with E-state index in [1.54, 1.807) is 0 Å². The van der Waals surface area contributed by atoms with E-state index in [1.165, 1.54) is 37.7 Å². The van der Waals surface area contributed by atoms with Crippen molar-refractivity contribution >= 4 is 0 Å². The fraction of sp³-hybridized carbons (Fsp3) is 0.867. The third-order valence-electron chi connectivity index (χ3n) is 5.47. The highest BCUT2D eigenvalue weighted by molar-refractivity contribution is 5.16. The molecular formula is C15H24O. The van der Waals surface area contributed by atoms with Crippen LogP contribution in [0.2, 0.25) is 0 Å². The van der Waals surface area contributed by atoms with Gasteiger partial charge in [-0.1, -0.05) is 26.0 Å². The Labute approximate surface area is 99.3 Å². The van der Waals surface area contributed by atoms with Gasteiger partial charge in [-0.25, -0.2) is 0 Å². The Morgan fingerprint density at radius 3 is 2.69 bits per heavy atom. The third-order valence-corrected chi connectivity index (χ3v) is 5.47. The molecule has 1 aliphatic heterocycles. The molecule has 2 saturated carbocycles. The van der Waals surface area contributed by atoms with Gasteiger partial charge in [0.25, 0.3) is 0 Å². The molecule has 3 rings (SSSR count). The van der Waals surface area contributed by atoms with Gasteiger partial charge in [0.2, 0.25) is 0 Å². The van der Waals surface area contributed by atoms with Crippen LogP contribution in [0.5, 0.6) is 0 Å². The van der Waals surface area contributed by atoms with E-state index in [2.05, 4.69) is 27.4 Å². The highest BCUT2D eigenvalue weighted by atomic mass is 16.6. The summed E-state index contributed by atoms with van der Waals surface area (Å²) in [4.78, 5) is 0. The molecule has 1 heteroatoms. The average Bonchev–Trinajstić information content (AvgIpc) is 2.82. The normalized spacial score (nSPS) is 50.2. The van der Waals surface area contributed by atoms with Crippen LogP contribution in [0.3, 0.4) is 0 Å². The Bertz CT molecular complexity index is 330. The molecule has 4 atom stereocenters. The Morgan fingerprint density at radius 2 is 2.00 bits per heavy atom. The lowest BCUT2D eigenvalue weighted by Crippen LogP contribution is -2.44. The fourth-order valence-electron chi connectivity index (χ4n) is 4.08. The van der Waals surface area contributed by atoms with Gasteiger partial charge in [-0.2, -0.15) is 0 Å². The number of allylic oxidation sites excluding steroid dienone is 1. The fourth-order valence-corrected chi connectivity index (χ4v) is 4.08.